The second-order valence-electron chi connectivity index (χ2n) is 6.25. The van der Waals surface area contributed by atoms with E-state index in [9.17, 15) is 9.90 Å². The van der Waals surface area contributed by atoms with Gasteiger partial charge < -0.3 is 54.9 Å². The number of rotatable bonds is 1. The Hall–Kier alpha value is -1.47. The molecule has 1 aromatic heterocycles. The van der Waals surface area contributed by atoms with Crippen molar-refractivity contribution in [2.75, 3.05) is 5.73 Å². The molecule has 1 fully saturated rings. The maximum absolute atomic E-state index is 11.7. The minimum absolute atomic E-state index is 0.119. The summed E-state index contributed by atoms with van der Waals surface area (Å²) in [5.74, 6) is 2.81. The molecule has 3 atom stereocenters. The fourth-order valence-corrected chi connectivity index (χ4v) is 2.30. The van der Waals surface area contributed by atoms with E-state index < -0.39 is 40.7 Å². The Labute approximate surface area is 180 Å². The quantitative estimate of drug-likeness (QED) is 0.131. The second-order valence-corrected chi connectivity index (χ2v) is 9.33. The first-order chi connectivity index (χ1) is 14.0. The van der Waals surface area contributed by atoms with Crippen LogP contribution in [0.1, 0.15) is 25.8 Å². The molecule has 0 spiro atoms. The van der Waals surface area contributed by atoms with Crippen molar-refractivity contribution in [3.63, 3.8) is 0 Å². The second kappa shape index (κ2) is 12.7. The van der Waals surface area contributed by atoms with E-state index in [-0.39, 0.29) is 11.9 Å². The molecule has 0 aromatic carbocycles. The van der Waals surface area contributed by atoms with Gasteiger partial charge in [-0.1, -0.05) is 5.92 Å². The van der Waals surface area contributed by atoms with Gasteiger partial charge in [0.15, 0.2) is 0 Å². The monoisotopic (exact) mass is 527 g/mol. The number of hydrogen-bond donors (Lipinski definition) is 11. The molecule has 0 bridgehead atoms. The van der Waals surface area contributed by atoms with Crippen LogP contribution >= 0.6 is 23.5 Å². The highest BCUT2D eigenvalue weighted by molar-refractivity contribution is 7.45. The van der Waals surface area contributed by atoms with Gasteiger partial charge in [-0.05, 0) is 25.8 Å². The highest BCUT2D eigenvalue weighted by Crippen LogP contribution is 2.43. The van der Waals surface area contributed by atoms with E-state index in [1.54, 1.807) is 12.3 Å². The smallest absolute Gasteiger partial charge is 0.391 e. The van der Waals surface area contributed by atoms with Gasteiger partial charge in [0.1, 0.15) is 5.82 Å². The highest BCUT2D eigenvalue weighted by Gasteiger charge is 2.42. The number of phosphoric acid groups is 3. The first kappa shape index (κ1) is 32.7. The standard InChI is InChI=1S/C12H15N3O2.3H3O4P/c1-3-12(2)7-8(6-9(12)16)15-5-4-10(13)14-11(15)17;3*1-5(2,3)4/h1,4-5,8-9,16H,6-7H2,2H3,(H2,13,14,17);3*(H3,1,2,3,4)/t8-,9-,12+;;;/m1.../s1. The molecular formula is C12H24N3O14P3. The summed E-state index contributed by atoms with van der Waals surface area (Å²) in [5, 5.41) is 9.92. The molecule has 0 aliphatic heterocycles. The highest BCUT2D eigenvalue weighted by atomic mass is 31.2. The van der Waals surface area contributed by atoms with Crippen molar-refractivity contribution in [1.82, 2.24) is 9.55 Å². The lowest BCUT2D eigenvalue weighted by Crippen LogP contribution is -2.26. The number of aromatic nitrogens is 2. The van der Waals surface area contributed by atoms with Crippen LogP contribution in [0.15, 0.2) is 17.1 Å². The van der Waals surface area contributed by atoms with Crippen molar-refractivity contribution in [3.8, 4) is 12.3 Å². The van der Waals surface area contributed by atoms with Gasteiger partial charge in [-0.3, -0.25) is 4.57 Å². The molecule has 0 unspecified atom stereocenters. The molecular weight excluding hydrogens is 503 g/mol. The Kier molecular flexibility index (Phi) is 13.0. The number of nitrogens with zero attached hydrogens (tertiary/aromatic N) is 2. The molecule has 1 heterocycles. The predicted molar refractivity (Wildman–Crippen MR) is 107 cm³/mol. The van der Waals surface area contributed by atoms with Crippen LogP contribution in [0.2, 0.25) is 0 Å². The third kappa shape index (κ3) is 19.2. The number of anilines is 1. The van der Waals surface area contributed by atoms with Gasteiger partial charge in [0, 0.05) is 12.2 Å². The zero-order chi connectivity index (χ0) is 26.1. The maximum atomic E-state index is 11.7. The van der Waals surface area contributed by atoms with Crippen LogP contribution in [0.5, 0.6) is 0 Å². The minimum Gasteiger partial charge on any atom is -0.391 e. The SMILES string of the molecule is C#C[C@@]1(C)C[C@H](n2ccc(N)nc2=O)C[C@H]1O.O=P(O)(O)O.O=P(O)(O)O.O=P(O)(O)O. The summed E-state index contributed by atoms with van der Waals surface area (Å²) in [5.41, 5.74) is 4.45. The summed E-state index contributed by atoms with van der Waals surface area (Å²) < 4.78 is 28.1. The van der Waals surface area contributed by atoms with Gasteiger partial charge in [-0.25, -0.2) is 18.5 Å². The Morgan fingerprint density at radius 1 is 1.06 bits per heavy atom. The summed E-state index contributed by atoms with van der Waals surface area (Å²) >= 11 is 0. The van der Waals surface area contributed by atoms with E-state index in [0.29, 0.717) is 12.8 Å². The number of terminal acetylenes is 1. The van der Waals surface area contributed by atoms with Gasteiger partial charge in [-0.15, -0.1) is 6.42 Å². The Morgan fingerprint density at radius 3 is 1.72 bits per heavy atom. The van der Waals surface area contributed by atoms with Crippen LogP contribution in [-0.4, -0.2) is 64.8 Å². The topological polar surface area (TPSA) is 314 Å². The number of aliphatic hydroxyl groups excluding tert-OH is 1. The predicted octanol–water partition coefficient (Wildman–Crippen LogP) is -2.62. The van der Waals surface area contributed by atoms with E-state index in [4.69, 9.17) is 69.9 Å². The average Bonchev–Trinajstić information content (AvgIpc) is 2.78. The molecule has 12 N–H and O–H groups in total. The molecule has 0 amide bonds. The Balaban J connectivity index is 0. The molecule has 1 aliphatic rings. The summed E-state index contributed by atoms with van der Waals surface area (Å²) in [4.78, 5) is 80.0. The van der Waals surface area contributed by atoms with Crippen molar-refractivity contribution in [3.05, 3.63) is 22.7 Å². The minimum atomic E-state index is -4.64. The van der Waals surface area contributed by atoms with E-state index in [0.717, 1.165) is 0 Å². The number of nitrogen functional groups attached to an aromatic ring is 1. The first-order valence-electron chi connectivity index (χ1n) is 7.81. The van der Waals surface area contributed by atoms with E-state index in [2.05, 4.69) is 10.9 Å². The molecule has 17 nitrogen and oxygen atoms in total. The van der Waals surface area contributed by atoms with Crippen LogP contribution in [-0.2, 0) is 13.7 Å². The molecule has 0 saturated heterocycles. The fraction of sp³-hybridized carbons (Fsp3) is 0.500. The lowest BCUT2D eigenvalue weighted by Gasteiger charge is -2.20. The molecule has 20 heteroatoms. The van der Waals surface area contributed by atoms with Gasteiger partial charge in [-0.2, -0.15) is 4.98 Å². The first-order valence-corrected chi connectivity index (χ1v) is 12.5. The Bertz CT molecular complexity index is 903. The molecule has 1 aromatic rings. The Morgan fingerprint density at radius 2 is 1.44 bits per heavy atom. The zero-order valence-corrected chi connectivity index (χ0v) is 18.9. The number of nitrogens with two attached hydrogens (primary N) is 1. The van der Waals surface area contributed by atoms with Crippen molar-refractivity contribution in [1.29, 1.82) is 0 Å². The number of hydrogen-bond acceptors (Lipinski definition) is 7. The van der Waals surface area contributed by atoms with Crippen LogP contribution in [0.25, 0.3) is 0 Å². The largest absolute Gasteiger partial charge is 0.466 e. The lowest BCUT2D eigenvalue weighted by atomic mass is 9.88. The average molecular weight is 527 g/mol. The summed E-state index contributed by atoms with van der Waals surface area (Å²) in [6.45, 7) is 1.83. The molecule has 1 aliphatic carbocycles. The normalized spacial score (nSPS) is 22.7. The van der Waals surface area contributed by atoms with Crippen LogP contribution in [0.3, 0.4) is 0 Å². The van der Waals surface area contributed by atoms with Crippen LogP contribution in [0.4, 0.5) is 5.82 Å². The molecule has 32 heavy (non-hydrogen) atoms. The van der Waals surface area contributed by atoms with Crippen molar-refractivity contribution in [2.24, 2.45) is 5.41 Å². The number of aliphatic hydroxyl groups is 1. The van der Waals surface area contributed by atoms with Gasteiger partial charge >= 0.3 is 29.2 Å². The lowest BCUT2D eigenvalue weighted by molar-refractivity contribution is 0.104. The summed E-state index contributed by atoms with van der Waals surface area (Å²) in [6.07, 6.45) is 7.46. The van der Waals surface area contributed by atoms with Gasteiger partial charge in [0.05, 0.1) is 11.5 Å². The molecule has 186 valence electrons. The third-order valence-electron chi connectivity index (χ3n) is 3.47. The molecule has 1 saturated carbocycles. The van der Waals surface area contributed by atoms with E-state index in [1.807, 2.05) is 6.92 Å². The summed E-state index contributed by atoms with van der Waals surface area (Å²) in [6, 6.07) is 1.45. The summed E-state index contributed by atoms with van der Waals surface area (Å²) in [7, 11) is -13.9. The van der Waals surface area contributed by atoms with E-state index >= 15 is 0 Å². The molecule has 2 rings (SSSR count). The van der Waals surface area contributed by atoms with Crippen molar-refractivity contribution in [2.45, 2.75) is 31.9 Å². The fourth-order valence-electron chi connectivity index (χ4n) is 2.30. The third-order valence-corrected chi connectivity index (χ3v) is 3.47. The van der Waals surface area contributed by atoms with Gasteiger partial charge in [0.25, 0.3) is 0 Å². The van der Waals surface area contributed by atoms with Gasteiger partial charge in [0.2, 0.25) is 0 Å². The maximum Gasteiger partial charge on any atom is 0.466 e. The van der Waals surface area contributed by atoms with Crippen molar-refractivity contribution >= 4 is 29.3 Å². The van der Waals surface area contributed by atoms with Crippen LogP contribution < -0.4 is 11.4 Å². The molecule has 0 radical (unpaired) electrons. The van der Waals surface area contributed by atoms with E-state index in [1.165, 1.54) is 4.57 Å². The zero-order valence-electron chi connectivity index (χ0n) is 16.2. The van der Waals surface area contributed by atoms with Crippen LogP contribution in [0, 0.1) is 17.8 Å². The van der Waals surface area contributed by atoms with Crippen molar-refractivity contribution < 1.29 is 62.8 Å².